The van der Waals surface area contributed by atoms with E-state index in [1.54, 1.807) is 41.3 Å². The van der Waals surface area contributed by atoms with Crippen molar-refractivity contribution in [3.63, 3.8) is 0 Å². The van der Waals surface area contributed by atoms with Gasteiger partial charge in [0.05, 0.1) is 38.0 Å². The quantitative estimate of drug-likeness (QED) is 0.0625. The first-order chi connectivity index (χ1) is 28.2. The maximum absolute atomic E-state index is 14.0. The lowest BCUT2D eigenvalue weighted by Gasteiger charge is -2.38. The fourth-order valence-corrected chi connectivity index (χ4v) is 8.20. The number of amides is 2. The van der Waals surface area contributed by atoms with Crippen LogP contribution in [0.1, 0.15) is 84.4 Å². The van der Waals surface area contributed by atoms with Gasteiger partial charge < -0.3 is 49.4 Å². The molecule has 2 atom stereocenters. The van der Waals surface area contributed by atoms with Gasteiger partial charge in [0.25, 0.3) is 11.8 Å². The van der Waals surface area contributed by atoms with E-state index in [0.29, 0.717) is 77.1 Å². The van der Waals surface area contributed by atoms with Crippen molar-refractivity contribution in [2.45, 2.75) is 97.3 Å². The molecule has 2 heterocycles. The number of benzene rings is 3. The van der Waals surface area contributed by atoms with E-state index in [1.165, 1.54) is 14.2 Å². The van der Waals surface area contributed by atoms with E-state index in [2.05, 4.69) is 47.0 Å². The number of aryl methyl sites for hydroxylation is 1. The SMILES string of the molecule is C=C1C[C@@H](CC)N(C(=O)c2cc(OC)c(OCc3cc(COc4cc(N)c(C(=O)N5CC(=C)C[C@H]5CO[Si](C)(C)C(C)(C)C)cc4C)cc(OCC(=O)OC)c3)cc2N)C1. The highest BCUT2D eigenvalue weighted by atomic mass is 28.4. The van der Waals surface area contributed by atoms with Crippen molar-refractivity contribution in [2.24, 2.45) is 0 Å². The Kier molecular flexibility index (Phi) is 14.3. The third-order valence-corrected chi connectivity index (χ3v) is 16.2. The zero-order valence-electron chi connectivity index (χ0n) is 36.7. The molecule has 2 aliphatic heterocycles. The maximum atomic E-state index is 14.0. The van der Waals surface area contributed by atoms with Gasteiger partial charge in [-0.25, -0.2) is 4.79 Å². The number of likely N-dealkylation sites (tertiary alicyclic amines) is 2. The van der Waals surface area contributed by atoms with Crippen LogP contribution >= 0.6 is 0 Å². The molecule has 0 spiro atoms. The van der Waals surface area contributed by atoms with E-state index in [-0.39, 0.29) is 54.4 Å². The predicted octanol–water partition coefficient (Wildman–Crippen LogP) is 7.85. The number of esters is 1. The van der Waals surface area contributed by atoms with Crippen LogP contribution < -0.4 is 30.4 Å². The second kappa shape index (κ2) is 18.8. The molecule has 0 radical (unpaired) electrons. The second-order valence-electron chi connectivity index (χ2n) is 17.3. The van der Waals surface area contributed by atoms with Crippen molar-refractivity contribution in [2.75, 3.05) is 52.0 Å². The molecule has 3 aromatic rings. The Labute approximate surface area is 355 Å². The minimum atomic E-state index is -2.03. The van der Waals surface area contributed by atoms with Crippen molar-refractivity contribution in [3.8, 4) is 23.0 Å². The molecule has 5 rings (SSSR count). The molecular formula is C46H62N4O9Si. The summed E-state index contributed by atoms with van der Waals surface area (Å²) in [6.45, 7) is 24.4. The Hall–Kier alpha value is -5.47. The Morgan fingerprint density at radius 1 is 0.767 bits per heavy atom. The van der Waals surface area contributed by atoms with E-state index in [9.17, 15) is 14.4 Å². The van der Waals surface area contributed by atoms with Crippen molar-refractivity contribution < 1.29 is 42.5 Å². The third-order valence-electron chi connectivity index (χ3n) is 11.7. The maximum Gasteiger partial charge on any atom is 0.343 e. The first kappa shape index (κ1) is 45.6. The topological polar surface area (TPSA) is 165 Å². The van der Waals surface area contributed by atoms with Gasteiger partial charge in [-0.3, -0.25) is 9.59 Å². The first-order valence-electron chi connectivity index (χ1n) is 20.3. The van der Waals surface area contributed by atoms with Crippen LogP contribution in [-0.4, -0.2) is 88.5 Å². The molecule has 0 bridgehead atoms. The highest BCUT2D eigenvalue weighted by Crippen LogP contribution is 2.39. The number of nitrogens with two attached hydrogens (primary N) is 2. The Bertz CT molecular complexity index is 2130. The molecule has 14 heteroatoms. The summed E-state index contributed by atoms with van der Waals surface area (Å²) >= 11 is 0. The molecule has 13 nitrogen and oxygen atoms in total. The predicted molar refractivity (Wildman–Crippen MR) is 236 cm³/mol. The van der Waals surface area contributed by atoms with Crippen LogP contribution in [0.5, 0.6) is 23.0 Å². The number of hydrogen-bond donors (Lipinski definition) is 2. The first-order valence-corrected chi connectivity index (χ1v) is 23.2. The summed E-state index contributed by atoms with van der Waals surface area (Å²) < 4.78 is 35.2. The molecule has 324 valence electrons. The summed E-state index contributed by atoms with van der Waals surface area (Å²) in [6, 6.07) is 11.9. The number of nitrogens with zero attached hydrogens (tertiary/aromatic N) is 2. The van der Waals surface area contributed by atoms with Crippen LogP contribution in [0.15, 0.2) is 66.8 Å². The van der Waals surface area contributed by atoms with Crippen LogP contribution in [0.25, 0.3) is 0 Å². The average molecular weight is 843 g/mol. The number of ether oxygens (including phenoxy) is 5. The Balaban J connectivity index is 1.32. The van der Waals surface area contributed by atoms with Crippen molar-refractivity contribution in [1.82, 2.24) is 9.80 Å². The van der Waals surface area contributed by atoms with Gasteiger partial charge in [0, 0.05) is 42.6 Å². The van der Waals surface area contributed by atoms with Gasteiger partial charge >= 0.3 is 5.97 Å². The molecular weight excluding hydrogens is 781 g/mol. The largest absolute Gasteiger partial charge is 0.493 e. The van der Waals surface area contributed by atoms with Crippen molar-refractivity contribution in [1.29, 1.82) is 0 Å². The summed E-state index contributed by atoms with van der Waals surface area (Å²) in [6.07, 6.45) is 2.26. The van der Waals surface area contributed by atoms with E-state index >= 15 is 0 Å². The number of rotatable bonds is 16. The number of carbonyl (C=O) groups is 3. The monoisotopic (exact) mass is 842 g/mol. The van der Waals surface area contributed by atoms with Gasteiger partial charge in [-0.15, -0.1) is 0 Å². The van der Waals surface area contributed by atoms with Crippen LogP contribution in [0, 0.1) is 6.92 Å². The molecule has 2 aliphatic rings. The third kappa shape index (κ3) is 10.6. The summed E-state index contributed by atoms with van der Waals surface area (Å²) in [5.74, 6) is 0.687. The van der Waals surface area contributed by atoms with Gasteiger partial charge in [-0.2, -0.15) is 0 Å². The van der Waals surface area contributed by atoms with Crippen molar-refractivity contribution >= 4 is 37.5 Å². The number of nitrogen functional groups attached to an aromatic ring is 2. The van der Waals surface area contributed by atoms with E-state index < -0.39 is 14.3 Å². The van der Waals surface area contributed by atoms with Crippen LogP contribution in [0.3, 0.4) is 0 Å². The van der Waals surface area contributed by atoms with Crippen molar-refractivity contribution in [3.05, 3.63) is 94.6 Å². The second-order valence-corrected chi connectivity index (χ2v) is 22.1. The molecule has 2 saturated heterocycles. The minimum absolute atomic E-state index is 0.0457. The summed E-state index contributed by atoms with van der Waals surface area (Å²) in [5.41, 5.74) is 18.4. The molecule has 0 unspecified atom stereocenters. The lowest BCUT2D eigenvalue weighted by Crippen LogP contribution is -2.46. The van der Waals surface area contributed by atoms with Gasteiger partial charge in [0.15, 0.2) is 26.4 Å². The van der Waals surface area contributed by atoms with Crippen LogP contribution in [-0.2, 0) is 27.2 Å². The van der Waals surface area contributed by atoms with Gasteiger partial charge in [-0.05, 0) is 91.3 Å². The zero-order chi connectivity index (χ0) is 44.1. The lowest BCUT2D eigenvalue weighted by molar-refractivity contribution is -0.142. The average Bonchev–Trinajstić information content (AvgIpc) is 3.78. The number of anilines is 2. The van der Waals surface area contributed by atoms with Gasteiger partial charge in [-0.1, -0.05) is 52.0 Å². The standard InChI is InChI=1S/C46H62N4O9Si/c1-12-33-13-28(2)22-49(33)45(53)37-19-41(54-8)42(21-39(37)48)58-25-32-16-31(17-35(18-32)56-27-43(51)55-9)24-57-40-20-38(47)36(15-30(40)4)44(52)50-23-29(3)14-34(50)26-59-60(10,11)46(5,6)7/h15-21,33-34H,2-3,12-14,22-27,47-48H2,1,4-11H3/t33-,34+/m1/s1. The van der Waals surface area contributed by atoms with Crippen LogP contribution in [0.2, 0.25) is 18.1 Å². The molecule has 0 saturated carbocycles. The molecule has 2 fully saturated rings. The minimum Gasteiger partial charge on any atom is -0.493 e. The normalized spacial score (nSPS) is 16.9. The van der Waals surface area contributed by atoms with E-state index in [0.717, 1.165) is 29.6 Å². The van der Waals surface area contributed by atoms with E-state index in [4.69, 9.17) is 39.6 Å². The molecule has 3 aromatic carbocycles. The van der Waals surface area contributed by atoms with Crippen LogP contribution in [0.4, 0.5) is 11.4 Å². The van der Waals surface area contributed by atoms with Gasteiger partial charge in [0.1, 0.15) is 24.7 Å². The smallest absolute Gasteiger partial charge is 0.343 e. The molecule has 2 amide bonds. The highest BCUT2D eigenvalue weighted by molar-refractivity contribution is 6.74. The molecule has 4 N–H and O–H groups in total. The van der Waals surface area contributed by atoms with E-state index in [1.807, 2.05) is 24.8 Å². The molecule has 0 aromatic heterocycles. The summed E-state index contributed by atoms with van der Waals surface area (Å²) in [7, 11) is 0.756. The summed E-state index contributed by atoms with van der Waals surface area (Å²) in [5, 5.41) is 0.0457. The molecule has 60 heavy (non-hydrogen) atoms. The number of carbonyl (C=O) groups excluding carboxylic acids is 3. The zero-order valence-corrected chi connectivity index (χ0v) is 37.7. The number of methoxy groups -OCH3 is 2. The fraction of sp³-hybridized carbons (Fsp3) is 0.457. The lowest BCUT2D eigenvalue weighted by atomic mass is 10.1. The highest BCUT2D eigenvalue weighted by Gasteiger charge is 2.40. The Morgan fingerprint density at radius 2 is 1.30 bits per heavy atom. The summed E-state index contributed by atoms with van der Waals surface area (Å²) in [4.78, 5) is 43.1. The Morgan fingerprint density at radius 3 is 1.85 bits per heavy atom. The number of hydrogen-bond acceptors (Lipinski definition) is 11. The van der Waals surface area contributed by atoms with Gasteiger partial charge in [0.2, 0.25) is 0 Å². The fourth-order valence-electron chi connectivity index (χ4n) is 7.15. The molecule has 0 aliphatic carbocycles.